The van der Waals surface area contributed by atoms with Crippen molar-refractivity contribution in [3.63, 3.8) is 0 Å². The molecule has 1 radical (unpaired) electrons. The molecule has 0 aliphatic carbocycles. The molecule has 0 bridgehead atoms. The third-order valence-electron chi connectivity index (χ3n) is 2.55. The Hall–Kier alpha value is -0.570. The molecule has 1 rings (SSSR count). The highest BCUT2D eigenvalue weighted by molar-refractivity contribution is 5.76. The maximum absolute atomic E-state index is 11.4. The van der Waals surface area contributed by atoms with Crippen LogP contribution in [0.3, 0.4) is 0 Å². The lowest BCUT2D eigenvalue weighted by atomic mass is 9.94. The van der Waals surface area contributed by atoms with E-state index < -0.39 is 0 Å². The maximum Gasteiger partial charge on any atom is 0.220 e. The molecule has 1 aliphatic heterocycles. The molecule has 3 heteroatoms. The standard InChI is InChI=1S/C11H21N2O/c1-9(2)13-11(14)6-5-10-4-3-7-12-8-10/h9-10H,3-8H2,1-2H3,(H,13,14). The lowest BCUT2D eigenvalue weighted by molar-refractivity contribution is -0.121. The van der Waals surface area contributed by atoms with Gasteiger partial charge in [-0.15, -0.1) is 0 Å². The Bertz CT molecular complexity index is 174. The van der Waals surface area contributed by atoms with Gasteiger partial charge in [0.15, 0.2) is 0 Å². The zero-order chi connectivity index (χ0) is 10.4. The van der Waals surface area contributed by atoms with Crippen LogP contribution in [0.4, 0.5) is 0 Å². The third-order valence-corrected chi connectivity index (χ3v) is 2.55. The average molecular weight is 197 g/mol. The molecule has 0 aromatic carbocycles. The molecule has 1 amide bonds. The summed E-state index contributed by atoms with van der Waals surface area (Å²) in [5, 5.41) is 7.28. The Labute approximate surface area is 86.6 Å². The number of hydrogen-bond acceptors (Lipinski definition) is 1. The number of piperidine rings is 1. The van der Waals surface area contributed by atoms with E-state index in [0.29, 0.717) is 12.3 Å². The van der Waals surface area contributed by atoms with Crippen LogP contribution in [0, 0.1) is 5.92 Å². The second-order valence-corrected chi connectivity index (χ2v) is 4.40. The first-order chi connectivity index (χ1) is 6.68. The van der Waals surface area contributed by atoms with E-state index in [9.17, 15) is 4.79 Å². The van der Waals surface area contributed by atoms with E-state index in [1.165, 1.54) is 12.8 Å². The number of amides is 1. The normalized spacial score (nSPS) is 22.4. The van der Waals surface area contributed by atoms with Crippen LogP contribution >= 0.6 is 0 Å². The summed E-state index contributed by atoms with van der Waals surface area (Å²) in [7, 11) is 0. The predicted molar refractivity (Wildman–Crippen MR) is 57.1 cm³/mol. The van der Waals surface area contributed by atoms with Gasteiger partial charge in [-0.2, -0.15) is 0 Å². The molecule has 81 valence electrons. The highest BCUT2D eigenvalue weighted by Gasteiger charge is 2.15. The van der Waals surface area contributed by atoms with Crippen molar-refractivity contribution in [2.45, 2.75) is 45.6 Å². The zero-order valence-corrected chi connectivity index (χ0v) is 9.25. The van der Waals surface area contributed by atoms with Crippen LogP contribution in [-0.4, -0.2) is 25.0 Å². The lowest BCUT2D eigenvalue weighted by Gasteiger charge is -2.21. The van der Waals surface area contributed by atoms with Gasteiger partial charge < -0.3 is 5.32 Å². The molecular weight excluding hydrogens is 176 g/mol. The molecule has 1 saturated heterocycles. The van der Waals surface area contributed by atoms with Crippen LogP contribution in [0.5, 0.6) is 0 Å². The quantitative estimate of drug-likeness (QED) is 0.725. The molecule has 1 aliphatic rings. The van der Waals surface area contributed by atoms with E-state index in [2.05, 4.69) is 10.6 Å². The molecular formula is C11H21N2O. The van der Waals surface area contributed by atoms with Gasteiger partial charge in [-0.3, -0.25) is 4.79 Å². The van der Waals surface area contributed by atoms with Crippen LogP contribution < -0.4 is 10.6 Å². The first-order valence-electron chi connectivity index (χ1n) is 5.61. The summed E-state index contributed by atoms with van der Waals surface area (Å²) < 4.78 is 0. The van der Waals surface area contributed by atoms with Crippen molar-refractivity contribution in [2.24, 2.45) is 5.92 Å². The summed E-state index contributed by atoms with van der Waals surface area (Å²) in [6, 6.07) is 0.263. The minimum atomic E-state index is 0.186. The van der Waals surface area contributed by atoms with E-state index in [1.54, 1.807) is 0 Å². The summed E-state index contributed by atoms with van der Waals surface area (Å²) >= 11 is 0. The molecule has 1 atom stereocenters. The van der Waals surface area contributed by atoms with E-state index >= 15 is 0 Å². The number of rotatable bonds is 4. The first kappa shape index (κ1) is 11.5. The summed E-state index contributed by atoms with van der Waals surface area (Å²) in [4.78, 5) is 11.4. The Morgan fingerprint density at radius 2 is 2.36 bits per heavy atom. The molecule has 1 N–H and O–H groups in total. The second-order valence-electron chi connectivity index (χ2n) is 4.40. The van der Waals surface area contributed by atoms with Crippen LogP contribution in [0.1, 0.15) is 39.5 Å². The van der Waals surface area contributed by atoms with Crippen LogP contribution in [0.2, 0.25) is 0 Å². The maximum atomic E-state index is 11.4. The fourth-order valence-corrected chi connectivity index (χ4v) is 1.82. The van der Waals surface area contributed by atoms with E-state index in [0.717, 1.165) is 19.5 Å². The molecule has 1 heterocycles. The topological polar surface area (TPSA) is 43.2 Å². The monoisotopic (exact) mass is 197 g/mol. The molecule has 0 spiro atoms. The highest BCUT2D eigenvalue weighted by Crippen LogP contribution is 2.16. The minimum absolute atomic E-state index is 0.186. The summed E-state index contributed by atoms with van der Waals surface area (Å²) in [5.74, 6) is 0.840. The van der Waals surface area contributed by atoms with E-state index in [1.807, 2.05) is 13.8 Å². The van der Waals surface area contributed by atoms with Crippen molar-refractivity contribution >= 4 is 5.91 Å². The van der Waals surface area contributed by atoms with Gasteiger partial charge in [-0.05, 0) is 39.0 Å². The van der Waals surface area contributed by atoms with Gasteiger partial charge in [0.2, 0.25) is 5.91 Å². The van der Waals surface area contributed by atoms with Gasteiger partial charge >= 0.3 is 0 Å². The fourth-order valence-electron chi connectivity index (χ4n) is 1.82. The average Bonchev–Trinajstić information content (AvgIpc) is 2.15. The fraction of sp³-hybridized carbons (Fsp3) is 0.909. The number of carbonyl (C=O) groups excluding carboxylic acids is 1. The number of nitrogens with one attached hydrogen (secondary N) is 1. The largest absolute Gasteiger partial charge is 0.354 e. The van der Waals surface area contributed by atoms with Crippen LogP contribution in [0.25, 0.3) is 0 Å². The van der Waals surface area contributed by atoms with Crippen LogP contribution in [0.15, 0.2) is 0 Å². The Kier molecular flexibility index (Phi) is 4.94. The van der Waals surface area contributed by atoms with Crippen molar-refractivity contribution in [2.75, 3.05) is 13.1 Å². The van der Waals surface area contributed by atoms with Gasteiger partial charge in [0.25, 0.3) is 0 Å². The van der Waals surface area contributed by atoms with E-state index in [-0.39, 0.29) is 11.9 Å². The summed E-state index contributed by atoms with van der Waals surface area (Å²) in [5.41, 5.74) is 0. The van der Waals surface area contributed by atoms with Crippen LogP contribution in [-0.2, 0) is 4.79 Å². The van der Waals surface area contributed by atoms with Crippen molar-refractivity contribution in [1.29, 1.82) is 0 Å². The molecule has 0 aromatic heterocycles. The summed E-state index contributed by atoms with van der Waals surface area (Å²) in [6.07, 6.45) is 4.12. The predicted octanol–water partition coefficient (Wildman–Crippen LogP) is 1.31. The lowest BCUT2D eigenvalue weighted by Crippen LogP contribution is -2.31. The van der Waals surface area contributed by atoms with Gasteiger partial charge in [0.1, 0.15) is 0 Å². The van der Waals surface area contributed by atoms with Crippen molar-refractivity contribution < 1.29 is 4.79 Å². The Morgan fingerprint density at radius 1 is 1.57 bits per heavy atom. The van der Waals surface area contributed by atoms with Gasteiger partial charge in [-0.25, -0.2) is 5.32 Å². The Balaban J connectivity index is 2.09. The number of nitrogens with zero attached hydrogens (tertiary/aromatic N) is 1. The molecule has 14 heavy (non-hydrogen) atoms. The second kappa shape index (κ2) is 6.02. The van der Waals surface area contributed by atoms with Crippen molar-refractivity contribution in [3.05, 3.63) is 0 Å². The zero-order valence-electron chi connectivity index (χ0n) is 9.25. The molecule has 1 unspecified atom stereocenters. The van der Waals surface area contributed by atoms with Gasteiger partial charge in [-0.1, -0.05) is 0 Å². The van der Waals surface area contributed by atoms with Gasteiger partial charge in [0.05, 0.1) is 0 Å². The first-order valence-corrected chi connectivity index (χ1v) is 5.61. The number of hydrogen-bond donors (Lipinski definition) is 1. The molecule has 3 nitrogen and oxygen atoms in total. The third kappa shape index (κ3) is 4.61. The van der Waals surface area contributed by atoms with Gasteiger partial charge in [0, 0.05) is 25.6 Å². The van der Waals surface area contributed by atoms with Crippen molar-refractivity contribution in [3.8, 4) is 0 Å². The summed E-state index contributed by atoms with van der Waals surface area (Å²) in [6.45, 7) is 5.98. The highest BCUT2D eigenvalue weighted by atomic mass is 16.1. The molecule has 0 saturated carbocycles. The minimum Gasteiger partial charge on any atom is -0.354 e. The van der Waals surface area contributed by atoms with Crippen molar-refractivity contribution in [1.82, 2.24) is 10.6 Å². The molecule has 1 fully saturated rings. The Morgan fingerprint density at radius 3 is 2.93 bits per heavy atom. The number of carbonyl (C=O) groups is 1. The smallest absolute Gasteiger partial charge is 0.220 e. The molecule has 0 aromatic rings. The van der Waals surface area contributed by atoms with E-state index in [4.69, 9.17) is 0 Å². The SMILES string of the molecule is CC(C)NC(=O)CCC1CCC[N]C1.